The Bertz CT molecular complexity index is 393. The second kappa shape index (κ2) is 6.88. The van der Waals surface area contributed by atoms with Crippen LogP contribution in [0.5, 0.6) is 0 Å². The van der Waals surface area contributed by atoms with Crippen LogP contribution in [0.4, 0.5) is 13.2 Å². The Labute approximate surface area is 121 Å². The fourth-order valence-corrected chi connectivity index (χ4v) is 2.49. The van der Waals surface area contributed by atoms with Gasteiger partial charge in [0.15, 0.2) is 5.01 Å². The molecule has 0 atom stereocenters. The highest BCUT2D eigenvalue weighted by Crippen LogP contribution is 2.32. The zero-order valence-electron chi connectivity index (χ0n) is 11.1. The minimum atomic E-state index is -4.35. The molecule has 8 heteroatoms. The number of nitrogens with two attached hydrogens (primary N) is 1. The Morgan fingerprint density at radius 1 is 1.37 bits per heavy atom. The summed E-state index contributed by atoms with van der Waals surface area (Å²) in [6.45, 7) is 5.77. The summed E-state index contributed by atoms with van der Waals surface area (Å²) in [6.07, 6.45) is -3.06. The lowest BCUT2D eigenvalue weighted by Gasteiger charge is -2.28. The van der Waals surface area contributed by atoms with Gasteiger partial charge in [0.1, 0.15) is 0 Å². The van der Waals surface area contributed by atoms with Crippen LogP contribution in [0.1, 0.15) is 23.7 Å². The van der Waals surface area contributed by atoms with Gasteiger partial charge >= 0.3 is 6.18 Å². The third kappa shape index (κ3) is 6.07. The number of halogens is 4. The number of rotatable bonds is 5. The Hall–Kier alpha value is -0.370. The van der Waals surface area contributed by atoms with E-state index in [-0.39, 0.29) is 17.8 Å². The van der Waals surface area contributed by atoms with Crippen LogP contribution in [0.25, 0.3) is 0 Å². The van der Waals surface area contributed by atoms with Crippen molar-refractivity contribution in [1.29, 1.82) is 0 Å². The predicted octanol–water partition coefficient (Wildman–Crippen LogP) is 3.00. The molecule has 0 aliphatic carbocycles. The van der Waals surface area contributed by atoms with Gasteiger partial charge in [-0.1, -0.05) is 13.8 Å². The second-order valence-electron chi connectivity index (χ2n) is 5.17. The van der Waals surface area contributed by atoms with E-state index < -0.39 is 11.2 Å². The molecule has 0 saturated heterocycles. The molecule has 0 aliphatic heterocycles. The Morgan fingerprint density at radius 3 is 2.37 bits per heavy atom. The van der Waals surface area contributed by atoms with Crippen molar-refractivity contribution in [3.8, 4) is 0 Å². The first-order valence-corrected chi connectivity index (χ1v) is 6.36. The van der Waals surface area contributed by atoms with Crippen molar-refractivity contribution in [2.24, 2.45) is 11.1 Å². The number of hydrogen-bond acceptors (Lipinski definition) is 4. The van der Waals surface area contributed by atoms with Gasteiger partial charge in [-0.25, -0.2) is 4.98 Å². The summed E-state index contributed by atoms with van der Waals surface area (Å²) in [7, 11) is 1.87. The number of alkyl halides is 3. The first-order valence-electron chi connectivity index (χ1n) is 5.54. The fourth-order valence-electron chi connectivity index (χ4n) is 1.63. The smallest absolute Gasteiger partial charge is 0.330 e. The summed E-state index contributed by atoms with van der Waals surface area (Å²) >= 11 is 0.693. The van der Waals surface area contributed by atoms with Gasteiger partial charge in [-0.3, -0.25) is 0 Å². The van der Waals surface area contributed by atoms with Crippen LogP contribution in [-0.2, 0) is 12.7 Å². The summed E-state index contributed by atoms with van der Waals surface area (Å²) in [5.74, 6) is 0. The third-order valence-corrected chi connectivity index (χ3v) is 3.50. The molecule has 3 nitrogen and oxygen atoms in total. The van der Waals surface area contributed by atoms with Crippen molar-refractivity contribution >= 4 is 23.7 Å². The molecular formula is C11H19ClF3N3S. The number of hydrogen-bond donors (Lipinski definition) is 1. The lowest BCUT2D eigenvalue weighted by atomic mass is 9.93. The van der Waals surface area contributed by atoms with Crippen LogP contribution in [0.15, 0.2) is 6.20 Å². The normalized spacial score (nSPS) is 12.6. The lowest BCUT2D eigenvalue weighted by Crippen LogP contribution is -2.36. The van der Waals surface area contributed by atoms with Gasteiger partial charge in [0, 0.05) is 24.2 Å². The summed E-state index contributed by atoms with van der Waals surface area (Å²) < 4.78 is 37.1. The highest BCUT2D eigenvalue weighted by Gasteiger charge is 2.34. The van der Waals surface area contributed by atoms with E-state index in [2.05, 4.69) is 4.98 Å². The second-order valence-corrected chi connectivity index (χ2v) is 6.29. The maximum absolute atomic E-state index is 12.4. The standard InChI is InChI=1S/C11H18F3N3S.ClH/c1-10(2,6-15)7-17(3)5-8-4-16-9(18-8)11(12,13)14;/h4H,5-7,15H2,1-3H3;1H. The maximum Gasteiger partial charge on any atom is 0.443 e. The highest BCUT2D eigenvalue weighted by atomic mass is 35.5. The van der Waals surface area contributed by atoms with Crippen LogP contribution >= 0.6 is 23.7 Å². The molecule has 0 bridgehead atoms. The predicted molar refractivity (Wildman–Crippen MR) is 73.5 cm³/mol. The van der Waals surface area contributed by atoms with Crippen molar-refractivity contribution < 1.29 is 13.2 Å². The molecule has 1 heterocycles. The third-order valence-electron chi connectivity index (χ3n) is 2.47. The molecule has 1 rings (SSSR count). The zero-order chi connectivity index (χ0) is 14.0. The molecule has 0 unspecified atom stereocenters. The first-order chi connectivity index (χ1) is 8.14. The number of nitrogens with zero attached hydrogens (tertiary/aromatic N) is 2. The molecular weight excluding hydrogens is 299 g/mol. The van der Waals surface area contributed by atoms with Crippen molar-refractivity contribution in [1.82, 2.24) is 9.88 Å². The summed E-state index contributed by atoms with van der Waals surface area (Å²) in [4.78, 5) is 5.97. The molecule has 0 amide bonds. The van der Waals surface area contributed by atoms with Crippen LogP contribution in [0, 0.1) is 5.41 Å². The topological polar surface area (TPSA) is 42.2 Å². The maximum atomic E-state index is 12.4. The molecule has 0 spiro atoms. The van der Waals surface area contributed by atoms with Gasteiger partial charge in [-0.2, -0.15) is 13.2 Å². The largest absolute Gasteiger partial charge is 0.443 e. The van der Waals surface area contributed by atoms with Crippen molar-refractivity contribution in [3.63, 3.8) is 0 Å². The Morgan fingerprint density at radius 2 is 1.95 bits per heavy atom. The van der Waals surface area contributed by atoms with Gasteiger partial charge in [0.2, 0.25) is 0 Å². The van der Waals surface area contributed by atoms with E-state index >= 15 is 0 Å². The summed E-state index contributed by atoms with van der Waals surface area (Å²) in [5, 5.41) is -0.788. The molecule has 0 saturated carbocycles. The zero-order valence-corrected chi connectivity index (χ0v) is 12.8. The van der Waals surface area contributed by atoms with Gasteiger partial charge in [0.05, 0.1) is 0 Å². The monoisotopic (exact) mass is 317 g/mol. The molecule has 19 heavy (non-hydrogen) atoms. The van der Waals surface area contributed by atoms with Crippen LogP contribution in [0.2, 0.25) is 0 Å². The average Bonchev–Trinajstić information content (AvgIpc) is 2.64. The quantitative estimate of drug-likeness (QED) is 0.907. The first kappa shape index (κ1) is 18.6. The van der Waals surface area contributed by atoms with Crippen LogP contribution in [0.3, 0.4) is 0 Å². The van der Waals surface area contributed by atoms with E-state index in [0.29, 0.717) is 29.3 Å². The fraction of sp³-hybridized carbons (Fsp3) is 0.727. The van der Waals surface area contributed by atoms with Gasteiger partial charge in [-0.15, -0.1) is 23.7 Å². The minimum Gasteiger partial charge on any atom is -0.330 e. The molecule has 1 aromatic rings. The van der Waals surface area contributed by atoms with E-state index in [4.69, 9.17) is 5.73 Å². The van der Waals surface area contributed by atoms with E-state index in [0.717, 1.165) is 6.54 Å². The molecule has 0 aromatic carbocycles. The van der Waals surface area contributed by atoms with E-state index in [1.54, 1.807) is 0 Å². The van der Waals surface area contributed by atoms with Crippen molar-refractivity contribution in [2.45, 2.75) is 26.6 Å². The summed E-state index contributed by atoms with van der Waals surface area (Å²) in [5.41, 5.74) is 5.57. The minimum absolute atomic E-state index is 0. The van der Waals surface area contributed by atoms with Gasteiger partial charge in [0.25, 0.3) is 0 Å². The Kier molecular flexibility index (Phi) is 6.74. The van der Waals surface area contributed by atoms with Crippen LogP contribution in [-0.4, -0.2) is 30.0 Å². The van der Waals surface area contributed by atoms with Crippen molar-refractivity contribution in [2.75, 3.05) is 20.1 Å². The lowest BCUT2D eigenvalue weighted by molar-refractivity contribution is -0.137. The van der Waals surface area contributed by atoms with Crippen LogP contribution < -0.4 is 5.73 Å². The average molecular weight is 318 g/mol. The SMILES string of the molecule is CN(Cc1cnc(C(F)(F)F)s1)CC(C)(C)CN.Cl. The van der Waals surface area contributed by atoms with Gasteiger partial charge in [-0.05, 0) is 19.0 Å². The molecule has 112 valence electrons. The van der Waals surface area contributed by atoms with E-state index in [1.807, 2.05) is 25.8 Å². The van der Waals surface area contributed by atoms with E-state index in [9.17, 15) is 13.2 Å². The van der Waals surface area contributed by atoms with Crippen molar-refractivity contribution in [3.05, 3.63) is 16.1 Å². The Balaban J connectivity index is 0.00000324. The molecule has 0 aliphatic rings. The number of thiazole rings is 1. The highest BCUT2D eigenvalue weighted by molar-refractivity contribution is 7.11. The molecule has 2 N–H and O–H groups in total. The van der Waals surface area contributed by atoms with E-state index in [1.165, 1.54) is 6.20 Å². The summed E-state index contributed by atoms with van der Waals surface area (Å²) in [6, 6.07) is 0. The molecule has 1 aromatic heterocycles. The molecule has 0 radical (unpaired) electrons. The molecule has 0 fully saturated rings. The van der Waals surface area contributed by atoms with Gasteiger partial charge < -0.3 is 10.6 Å². The number of aromatic nitrogens is 1.